The summed E-state index contributed by atoms with van der Waals surface area (Å²) in [5, 5.41) is 7.39. The van der Waals surface area contributed by atoms with Crippen molar-refractivity contribution in [1.29, 1.82) is 0 Å². The van der Waals surface area contributed by atoms with Gasteiger partial charge in [-0.15, -0.1) is 0 Å². The number of carbonyl (C=O) groups is 2. The molecule has 1 spiro atoms. The van der Waals surface area contributed by atoms with E-state index in [1.54, 1.807) is 4.90 Å². The number of fused-ring (bicyclic) bond motifs is 1. The van der Waals surface area contributed by atoms with Crippen LogP contribution in [0, 0.1) is 5.92 Å². The third-order valence-electron chi connectivity index (χ3n) is 5.98. The molecule has 0 aromatic carbocycles. The van der Waals surface area contributed by atoms with Gasteiger partial charge in [-0.2, -0.15) is 5.10 Å². The van der Waals surface area contributed by atoms with Gasteiger partial charge >= 0.3 is 6.09 Å². The standard InChI is InChI=1S/C18H26N4O3/c1-3-21-11-18(25-17(21)24)6-8-22(9-7-18)16(23)15-13-10-12(2)4-5-14(13)19-20-15/h12H,3-11H2,1-2H3,(H,19,20)/t12-/m1/s1. The largest absolute Gasteiger partial charge is 0.441 e. The molecule has 2 saturated heterocycles. The van der Waals surface area contributed by atoms with Gasteiger partial charge in [0.15, 0.2) is 5.69 Å². The predicted molar refractivity (Wildman–Crippen MR) is 91.4 cm³/mol. The highest BCUT2D eigenvalue weighted by Crippen LogP contribution is 2.34. The number of amides is 2. The average Bonchev–Trinajstić information content (AvgIpc) is 3.15. The fourth-order valence-electron chi connectivity index (χ4n) is 4.31. The molecular formula is C18H26N4O3. The minimum absolute atomic E-state index is 0.0121. The number of piperidine rings is 1. The van der Waals surface area contributed by atoms with Crippen molar-refractivity contribution in [2.45, 2.75) is 51.6 Å². The molecule has 0 unspecified atom stereocenters. The van der Waals surface area contributed by atoms with Gasteiger partial charge in [-0.1, -0.05) is 6.92 Å². The molecule has 1 aromatic heterocycles. The number of rotatable bonds is 2. The second-order valence-corrected chi connectivity index (χ2v) is 7.73. The highest BCUT2D eigenvalue weighted by Gasteiger charge is 2.47. The summed E-state index contributed by atoms with van der Waals surface area (Å²) < 4.78 is 5.64. The number of carbonyl (C=O) groups excluding carboxylic acids is 2. The van der Waals surface area contributed by atoms with Gasteiger partial charge in [-0.05, 0) is 32.1 Å². The molecular weight excluding hydrogens is 320 g/mol. The molecule has 3 heterocycles. The SMILES string of the molecule is CCN1CC2(CCN(C(=O)c3n[nH]c4c3C[C@H](C)CC4)CC2)OC1=O. The van der Waals surface area contributed by atoms with E-state index in [-0.39, 0.29) is 12.0 Å². The monoisotopic (exact) mass is 346 g/mol. The van der Waals surface area contributed by atoms with E-state index in [1.807, 2.05) is 11.8 Å². The van der Waals surface area contributed by atoms with Crippen LogP contribution in [0.5, 0.6) is 0 Å². The number of nitrogens with zero attached hydrogens (tertiary/aromatic N) is 3. The van der Waals surface area contributed by atoms with Crippen LogP contribution >= 0.6 is 0 Å². The highest BCUT2D eigenvalue weighted by molar-refractivity contribution is 5.94. The summed E-state index contributed by atoms with van der Waals surface area (Å²) in [5.41, 5.74) is 2.41. The minimum atomic E-state index is -0.413. The second-order valence-electron chi connectivity index (χ2n) is 7.73. The number of ether oxygens (including phenoxy) is 1. The Balaban J connectivity index is 1.44. The molecule has 0 saturated carbocycles. The Kier molecular flexibility index (Phi) is 3.96. The molecule has 7 nitrogen and oxygen atoms in total. The van der Waals surface area contributed by atoms with Crippen molar-refractivity contribution in [2.24, 2.45) is 5.92 Å². The number of hydrogen-bond acceptors (Lipinski definition) is 4. The molecule has 2 fully saturated rings. The van der Waals surface area contributed by atoms with E-state index < -0.39 is 5.60 Å². The van der Waals surface area contributed by atoms with E-state index in [0.717, 1.165) is 30.5 Å². The number of nitrogens with one attached hydrogen (secondary N) is 1. The van der Waals surface area contributed by atoms with Crippen LogP contribution in [-0.2, 0) is 17.6 Å². The van der Waals surface area contributed by atoms with Crippen molar-refractivity contribution in [2.75, 3.05) is 26.2 Å². The van der Waals surface area contributed by atoms with Crippen LogP contribution in [0.4, 0.5) is 4.79 Å². The summed E-state index contributed by atoms with van der Waals surface area (Å²) in [6.07, 6.45) is 4.22. The molecule has 4 rings (SSSR count). The van der Waals surface area contributed by atoms with Crippen LogP contribution in [-0.4, -0.2) is 63.8 Å². The summed E-state index contributed by atoms with van der Waals surface area (Å²) >= 11 is 0. The molecule has 136 valence electrons. The summed E-state index contributed by atoms with van der Waals surface area (Å²) in [7, 11) is 0. The number of aromatic nitrogens is 2. The van der Waals surface area contributed by atoms with Crippen LogP contribution in [0.1, 0.15) is 54.9 Å². The Morgan fingerprint density at radius 2 is 2.16 bits per heavy atom. The third-order valence-corrected chi connectivity index (χ3v) is 5.98. The maximum absolute atomic E-state index is 13.0. The van der Waals surface area contributed by atoms with Gasteiger partial charge in [-0.3, -0.25) is 9.89 Å². The van der Waals surface area contributed by atoms with Gasteiger partial charge < -0.3 is 14.5 Å². The van der Waals surface area contributed by atoms with E-state index >= 15 is 0 Å². The second kappa shape index (κ2) is 6.04. The summed E-state index contributed by atoms with van der Waals surface area (Å²) in [6, 6.07) is 0. The van der Waals surface area contributed by atoms with Gasteiger partial charge in [0.25, 0.3) is 5.91 Å². The van der Waals surface area contributed by atoms with Crippen LogP contribution in [0.15, 0.2) is 0 Å². The first-order chi connectivity index (χ1) is 12.0. The van der Waals surface area contributed by atoms with Crippen LogP contribution in [0.25, 0.3) is 0 Å². The lowest BCUT2D eigenvalue weighted by Crippen LogP contribution is -2.49. The van der Waals surface area contributed by atoms with Gasteiger partial charge in [0.05, 0.1) is 6.54 Å². The molecule has 2 amide bonds. The van der Waals surface area contributed by atoms with Gasteiger partial charge in [0.2, 0.25) is 0 Å². The summed E-state index contributed by atoms with van der Waals surface area (Å²) in [6.45, 7) is 6.71. The average molecular weight is 346 g/mol. The number of aromatic amines is 1. The smallest absolute Gasteiger partial charge is 0.410 e. The zero-order valence-electron chi connectivity index (χ0n) is 15.0. The Morgan fingerprint density at radius 3 is 2.84 bits per heavy atom. The highest BCUT2D eigenvalue weighted by atomic mass is 16.6. The van der Waals surface area contributed by atoms with Gasteiger partial charge in [0, 0.05) is 43.7 Å². The number of aryl methyl sites for hydroxylation is 1. The van der Waals surface area contributed by atoms with Crippen LogP contribution in [0.2, 0.25) is 0 Å². The maximum Gasteiger partial charge on any atom is 0.410 e. The number of H-pyrrole nitrogens is 1. The molecule has 0 bridgehead atoms. The molecule has 0 radical (unpaired) electrons. The lowest BCUT2D eigenvalue weighted by atomic mass is 9.87. The molecule has 1 aliphatic carbocycles. The Morgan fingerprint density at radius 1 is 1.40 bits per heavy atom. The Bertz CT molecular complexity index is 690. The predicted octanol–water partition coefficient (Wildman–Crippen LogP) is 1.98. The molecule has 2 aliphatic heterocycles. The quantitative estimate of drug-likeness (QED) is 0.888. The molecule has 1 aromatic rings. The fourth-order valence-corrected chi connectivity index (χ4v) is 4.31. The summed E-state index contributed by atoms with van der Waals surface area (Å²) in [5.74, 6) is 0.609. The number of hydrogen-bond donors (Lipinski definition) is 1. The van der Waals surface area contributed by atoms with Crippen LogP contribution in [0.3, 0.4) is 0 Å². The Hall–Kier alpha value is -2.05. The lowest BCUT2D eigenvalue weighted by Gasteiger charge is -2.37. The maximum atomic E-state index is 13.0. The molecule has 1 atom stereocenters. The van der Waals surface area contributed by atoms with Gasteiger partial charge in [-0.25, -0.2) is 4.79 Å². The summed E-state index contributed by atoms with van der Waals surface area (Å²) in [4.78, 5) is 28.4. The van der Waals surface area contributed by atoms with E-state index in [9.17, 15) is 9.59 Å². The zero-order valence-corrected chi connectivity index (χ0v) is 15.0. The van der Waals surface area contributed by atoms with Gasteiger partial charge in [0.1, 0.15) is 5.60 Å². The van der Waals surface area contributed by atoms with Crippen molar-refractivity contribution in [3.8, 4) is 0 Å². The first kappa shape index (κ1) is 16.4. The normalized spacial score (nSPS) is 25.2. The molecule has 3 aliphatic rings. The van der Waals surface area contributed by atoms with Crippen molar-refractivity contribution < 1.29 is 14.3 Å². The number of likely N-dealkylation sites (N-methyl/N-ethyl adjacent to an activating group) is 1. The zero-order chi connectivity index (χ0) is 17.6. The molecule has 1 N–H and O–H groups in total. The van der Waals surface area contributed by atoms with E-state index in [1.165, 1.54) is 0 Å². The molecule has 25 heavy (non-hydrogen) atoms. The fraction of sp³-hybridized carbons (Fsp3) is 0.722. The first-order valence-corrected chi connectivity index (χ1v) is 9.34. The minimum Gasteiger partial charge on any atom is -0.441 e. The van der Waals surface area contributed by atoms with Crippen molar-refractivity contribution in [3.63, 3.8) is 0 Å². The van der Waals surface area contributed by atoms with Crippen molar-refractivity contribution in [1.82, 2.24) is 20.0 Å². The number of likely N-dealkylation sites (tertiary alicyclic amines) is 1. The van der Waals surface area contributed by atoms with E-state index in [4.69, 9.17) is 4.74 Å². The van der Waals surface area contributed by atoms with E-state index in [0.29, 0.717) is 50.6 Å². The van der Waals surface area contributed by atoms with E-state index in [2.05, 4.69) is 17.1 Å². The lowest BCUT2D eigenvalue weighted by molar-refractivity contribution is 0.00294. The topological polar surface area (TPSA) is 78.5 Å². The Labute approximate surface area is 147 Å². The van der Waals surface area contributed by atoms with Crippen molar-refractivity contribution in [3.05, 3.63) is 17.0 Å². The van der Waals surface area contributed by atoms with Crippen molar-refractivity contribution >= 4 is 12.0 Å². The first-order valence-electron chi connectivity index (χ1n) is 9.34. The third kappa shape index (κ3) is 2.79. The molecule has 7 heteroatoms. The van der Waals surface area contributed by atoms with Crippen LogP contribution < -0.4 is 0 Å².